The first-order valence-electron chi connectivity index (χ1n) is 7.34. The third-order valence-corrected chi connectivity index (χ3v) is 4.08. The van der Waals surface area contributed by atoms with Gasteiger partial charge in [0.05, 0.1) is 13.2 Å². The molecule has 0 unspecified atom stereocenters. The van der Waals surface area contributed by atoms with Gasteiger partial charge in [-0.1, -0.05) is 0 Å². The van der Waals surface area contributed by atoms with Crippen LogP contribution in [0.15, 0.2) is 12.1 Å². The lowest BCUT2D eigenvalue weighted by Gasteiger charge is -2.26. The number of aryl methyl sites for hydroxylation is 1. The molecule has 1 aromatic rings. The lowest BCUT2D eigenvalue weighted by Crippen LogP contribution is -2.28. The fourth-order valence-corrected chi connectivity index (χ4v) is 2.80. The van der Waals surface area contributed by atoms with Gasteiger partial charge < -0.3 is 14.8 Å². The van der Waals surface area contributed by atoms with Gasteiger partial charge in [-0.3, -0.25) is 0 Å². The quantitative estimate of drug-likeness (QED) is 0.903. The van der Waals surface area contributed by atoms with E-state index in [9.17, 15) is 0 Å². The molecule has 0 aromatic heterocycles. The number of ether oxygens (including phenoxy) is 2. The minimum atomic E-state index is 0.447. The van der Waals surface area contributed by atoms with Crippen LogP contribution in [-0.4, -0.2) is 26.3 Å². The Balaban J connectivity index is 1.92. The van der Waals surface area contributed by atoms with E-state index >= 15 is 0 Å². The summed E-state index contributed by atoms with van der Waals surface area (Å²) < 4.78 is 11.6. The molecule has 3 heteroatoms. The number of rotatable bonds is 4. The molecule has 0 spiro atoms. The summed E-state index contributed by atoms with van der Waals surface area (Å²) in [6, 6.07) is 4.34. The summed E-state index contributed by atoms with van der Waals surface area (Å²) in [7, 11) is 1.74. The van der Waals surface area contributed by atoms with Crippen LogP contribution in [0.3, 0.4) is 0 Å². The second-order valence-corrected chi connectivity index (χ2v) is 5.72. The van der Waals surface area contributed by atoms with Crippen LogP contribution in [0.4, 0.5) is 0 Å². The monoisotopic (exact) mass is 261 g/mol. The summed E-state index contributed by atoms with van der Waals surface area (Å²) >= 11 is 0. The van der Waals surface area contributed by atoms with Gasteiger partial charge in [-0.05, 0) is 56.8 Å². The number of hydrogen-bond acceptors (Lipinski definition) is 3. The summed E-state index contributed by atoms with van der Waals surface area (Å²) in [5.74, 6) is 2.61. The lowest BCUT2D eigenvalue weighted by atomic mass is 9.90. The molecule has 3 nitrogen and oxygen atoms in total. The maximum atomic E-state index is 6.11. The molecule has 104 valence electrons. The minimum absolute atomic E-state index is 0.447. The maximum absolute atomic E-state index is 6.11. The Morgan fingerprint density at radius 1 is 1.16 bits per heavy atom. The van der Waals surface area contributed by atoms with Crippen LogP contribution in [0.1, 0.15) is 42.7 Å². The zero-order valence-electron chi connectivity index (χ0n) is 11.9. The molecular formula is C16H23NO2. The molecule has 1 atom stereocenters. The molecule has 1 N–H and O–H groups in total. The number of methoxy groups -OCH3 is 1. The van der Waals surface area contributed by atoms with Gasteiger partial charge in [-0.15, -0.1) is 0 Å². The fraction of sp³-hybridized carbons (Fsp3) is 0.625. The standard InChI is InChI=1S/C16H23NO2/c1-11-8-16(19-13-5-6-13)14(9-15(11)18-2)12-4-3-7-17-10-12/h8-9,12-13,17H,3-7,10H2,1-2H3/t12-/m0/s1. The van der Waals surface area contributed by atoms with E-state index in [0.29, 0.717) is 12.0 Å². The second kappa shape index (κ2) is 5.41. The SMILES string of the molecule is COc1cc([C@H]2CCCNC2)c(OC2CC2)cc1C. The Morgan fingerprint density at radius 3 is 2.63 bits per heavy atom. The normalized spacial score (nSPS) is 23.2. The molecule has 3 rings (SSSR count). The van der Waals surface area contributed by atoms with Gasteiger partial charge >= 0.3 is 0 Å². The van der Waals surface area contributed by atoms with Gasteiger partial charge in [0.1, 0.15) is 11.5 Å². The smallest absolute Gasteiger partial charge is 0.123 e. The highest BCUT2D eigenvalue weighted by atomic mass is 16.5. The Labute approximate surface area is 115 Å². The highest BCUT2D eigenvalue weighted by molar-refractivity contribution is 5.48. The molecule has 0 radical (unpaired) electrons. The van der Waals surface area contributed by atoms with Crippen molar-refractivity contribution in [3.05, 3.63) is 23.3 Å². The van der Waals surface area contributed by atoms with Gasteiger partial charge in [0, 0.05) is 18.0 Å². The van der Waals surface area contributed by atoms with Crippen LogP contribution >= 0.6 is 0 Å². The van der Waals surface area contributed by atoms with Crippen molar-refractivity contribution in [2.24, 2.45) is 0 Å². The van der Waals surface area contributed by atoms with E-state index in [4.69, 9.17) is 9.47 Å². The summed E-state index contributed by atoms with van der Waals surface area (Å²) in [6.07, 6.45) is 5.33. The topological polar surface area (TPSA) is 30.5 Å². The van der Waals surface area contributed by atoms with E-state index in [1.165, 1.54) is 31.2 Å². The molecule has 0 amide bonds. The van der Waals surface area contributed by atoms with E-state index in [1.807, 2.05) is 0 Å². The molecule has 1 saturated carbocycles. The first-order valence-corrected chi connectivity index (χ1v) is 7.34. The van der Waals surface area contributed by atoms with Crippen LogP contribution in [0.25, 0.3) is 0 Å². The van der Waals surface area contributed by atoms with Gasteiger partial charge in [0.15, 0.2) is 0 Å². The summed E-state index contributed by atoms with van der Waals surface area (Å²) in [4.78, 5) is 0. The number of hydrogen-bond donors (Lipinski definition) is 1. The zero-order chi connectivity index (χ0) is 13.2. The Hall–Kier alpha value is -1.22. The van der Waals surface area contributed by atoms with Crippen LogP contribution in [-0.2, 0) is 0 Å². The minimum Gasteiger partial charge on any atom is -0.496 e. The third-order valence-electron chi connectivity index (χ3n) is 4.08. The molecule has 1 aliphatic heterocycles. The number of piperidine rings is 1. The van der Waals surface area contributed by atoms with Crippen molar-refractivity contribution in [3.63, 3.8) is 0 Å². The van der Waals surface area contributed by atoms with E-state index < -0.39 is 0 Å². The van der Waals surface area contributed by atoms with Gasteiger partial charge in [-0.25, -0.2) is 0 Å². The van der Waals surface area contributed by atoms with Crippen molar-refractivity contribution in [3.8, 4) is 11.5 Å². The maximum Gasteiger partial charge on any atom is 0.123 e. The molecule has 2 fully saturated rings. The van der Waals surface area contributed by atoms with Gasteiger partial charge in [-0.2, -0.15) is 0 Å². The van der Waals surface area contributed by atoms with Gasteiger partial charge in [0.25, 0.3) is 0 Å². The highest BCUT2D eigenvalue weighted by Crippen LogP contribution is 2.38. The fourth-order valence-electron chi connectivity index (χ4n) is 2.80. The predicted molar refractivity (Wildman–Crippen MR) is 76.2 cm³/mol. The Kier molecular flexibility index (Phi) is 3.65. The first kappa shape index (κ1) is 12.8. The van der Waals surface area contributed by atoms with Crippen molar-refractivity contribution in [1.82, 2.24) is 5.32 Å². The molecular weight excluding hydrogens is 238 g/mol. The van der Waals surface area contributed by atoms with Crippen LogP contribution in [0.2, 0.25) is 0 Å². The van der Waals surface area contributed by atoms with Crippen LogP contribution in [0, 0.1) is 6.92 Å². The highest BCUT2D eigenvalue weighted by Gasteiger charge is 2.27. The van der Waals surface area contributed by atoms with E-state index in [2.05, 4.69) is 24.4 Å². The van der Waals surface area contributed by atoms with Crippen molar-refractivity contribution in [2.45, 2.75) is 44.6 Å². The molecule has 1 saturated heterocycles. The molecule has 19 heavy (non-hydrogen) atoms. The molecule has 1 heterocycles. The first-order chi connectivity index (χ1) is 9.28. The van der Waals surface area contributed by atoms with Crippen molar-refractivity contribution >= 4 is 0 Å². The van der Waals surface area contributed by atoms with E-state index in [1.54, 1.807) is 7.11 Å². The Bertz CT molecular complexity index is 448. The van der Waals surface area contributed by atoms with Crippen molar-refractivity contribution in [1.29, 1.82) is 0 Å². The Morgan fingerprint density at radius 2 is 2.00 bits per heavy atom. The van der Waals surface area contributed by atoms with E-state index in [-0.39, 0.29) is 0 Å². The van der Waals surface area contributed by atoms with Gasteiger partial charge in [0.2, 0.25) is 0 Å². The average molecular weight is 261 g/mol. The van der Waals surface area contributed by atoms with Crippen LogP contribution in [0.5, 0.6) is 11.5 Å². The van der Waals surface area contributed by atoms with Crippen LogP contribution < -0.4 is 14.8 Å². The molecule has 1 aliphatic carbocycles. The predicted octanol–water partition coefficient (Wildman–Crippen LogP) is 3.01. The molecule has 2 aliphatic rings. The average Bonchev–Trinajstić information content (AvgIpc) is 3.24. The van der Waals surface area contributed by atoms with E-state index in [0.717, 1.165) is 30.2 Å². The summed E-state index contributed by atoms with van der Waals surface area (Å²) in [5, 5.41) is 3.49. The summed E-state index contributed by atoms with van der Waals surface area (Å²) in [5.41, 5.74) is 2.48. The molecule has 0 bridgehead atoms. The molecule has 1 aromatic carbocycles. The van der Waals surface area contributed by atoms with Crippen molar-refractivity contribution < 1.29 is 9.47 Å². The lowest BCUT2D eigenvalue weighted by molar-refractivity contribution is 0.294. The zero-order valence-corrected chi connectivity index (χ0v) is 11.9. The summed E-state index contributed by atoms with van der Waals surface area (Å²) in [6.45, 7) is 4.27. The largest absolute Gasteiger partial charge is 0.496 e. The second-order valence-electron chi connectivity index (χ2n) is 5.72. The number of nitrogens with one attached hydrogen (secondary N) is 1. The van der Waals surface area contributed by atoms with Crippen molar-refractivity contribution in [2.75, 3.05) is 20.2 Å². The number of benzene rings is 1. The third kappa shape index (κ3) is 2.86.